The van der Waals surface area contributed by atoms with Crippen LogP contribution in [0.25, 0.3) is 0 Å². The van der Waals surface area contributed by atoms with Gasteiger partial charge in [0.15, 0.2) is 0 Å². The van der Waals surface area contributed by atoms with Gasteiger partial charge in [0.1, 0.15) is 17.7 Å². The second kappa shape index (κ2) is 5.72. The highest BCUT2D eigenvalue weighted by Gasteiger charge is 2.22. The zero-order valence-corrected chi connectivity index (χ0v) is 13.3. The second-order valence-electron chi connectivity index (χ2n) is 6.28. The Hall–Kier alpha value is -2.10. The summed E-state index contributed by atoms with van der Waals surface area (Å²) in [7, 11) is 0. The standard InChI is InChI=1S/C17H23N3O/c1-11-14(18)19-16(17(3,4)5)20-15(11)21-12(2)13-9-7-6-8-10-13/h6-10,12H,1-5H3,(H2,18,19,20). The number of anilines is 1. The summed E-state index contributed by atoms with van der Waals surface area (Å²) in [5.41, 5.74) is 7.72. The lowest BCUT2D eigenvalue weighted by Crippen LogP contribution is -2.19. The molecule has 0 aliphatic rings. The highest BCUT2D eigenvalue weighted by Crippen LogP contribution is 2.29. The van der Waals surface area contributed by atoms with E-state index in [0.717, 1.165) is 11.1 Å². The maximum absolute atomic E-state index is 6.02. The van der Waals surface area contributed by atoms with Crippen molar-refractivity contribution >= 4 is 5.82 Å². The Morgan fingerprint density at radius 3 is 2.29 bits per heavy atom. The van der Waals surface area contributed by atoms with Gasteiger partial charge in [0.2, 0.25) is 5.88 Å². The molecular formula is C17H23N3O. The van der Waals surface area contributed by atoms with E-state index in [1.807, 2.05) is 44.2 Å². The van der Waals surface area contributed by atoms with Gasteiger partial charge in [-0.2, -0.15) is 4.98 Å². The number of nitrogens with two attached hydrogens (primary N) is 1. The quantitative estimate of drug-likeness (QED) is 0.931. The zero-order chi connectivity index (χ0) is 15.6. The molecule has 0 saturated heterocycles. The van der Waals surface area contributed by atoms with E-state index in [-0.39, 0.29) is 11.5 Å². The minimum Gasteiger partial charge on any atom is -0.469 e. The number of nitrogens with zero attached hydrogens (tertiary/aromatic N) is 2. The Morgan fingerprint density at radius 2 is 1.71 bits per heavy atom. The van der Waals surface area contributed by atoms with E-state index in [1.165, 1.54) is 0 Å². The van der Waals surface area contributed by atoms with Crippen LogP contribution in [-0.4, -0.2) is 9.97 Å². The molecular weight excluding hydrogens is 262 g/mol. The fourth-order valence-corrected chi connectivity index (χ4v) is 1.92. The molecule has 0 bridgehead atoms. The SMILES string of the molecule is Cc1c(N)nc(C(C)(C)C)nc1OC(C)c1ccccc1. The van der Waals surface area contributed by atoms with Crippen molar-refractivity contribution in [1.82, 2.24) is 9.97 Å². The predicted molar refractivity (Wildman–Crippen MR) is 85.4 cm³/mol. The van der Waals surface area contributed by atoms with E-state index < -0.39 is 0 Å². The molecule has 4 nitrogen and oxygen atoms in total. The molecule has 1 unspecified atom stereocenters. The summed E-state index contributed by atoms with van der Waals surface area (Å²) in [6, 6.07) is 10.1. The highest BCUT2D eigenvalue weighted by atomic mass is 16.5. The molecule has 2 N–H and O–H groups in total. The number of hydrogen-bond acceptors (Lipinski definition) is 4. The minimum absolute atomic E-state index is 0.0907. The van der Waals surface area contributed by atoms with E-state index >= 15 is 0 Å². The Balaban J connectivity index is 2.33. The number of aromatic nitrogens is 2. The fraction of sp³-hybridized carbons (Fsp3) is 0.412. The van der Waals surface area contributed by atoms with Crippen molar-refractivity contribution in [2.45, 2.75) is 46.1 Å². The summed E-state index contributed by atoms with van der Waals surface area (Å²) in [4.78, 5) is 8.93. The lowest BCUT2D eigenvalue weighted by molar-refractivity contribution is 0.214. The molecule has 0 amide bonds. The molecule has 0 fully saturated rings. The van der Waals surface area contributed by atoms with Crippen LogP contribution in [-0.2, 0) is 5.41 Å². The molecule has 0 radical (unpaired) electrons. The van der Waals surface area contributed by atoms with E-state index in [2.05, 4.69) is 30.7 Å². The number of benzene rings is 1. The lowest BCUT2D eigenvalue weighted by atomic mass is 9.95. The Morgan fingerprint density at radius 1 is 1.10 bits per heavy atom. The third kappa shape index (κ3) is 3.51. The first-order chi connectivity index (χ1) is 9.79. The van der Waals surface area contributed by atoms with Crippen LogP contribution in [0.4, 0.5) is 5.82 Å². The van der Waals surface area contributed by atoms with Gasteiger partial charge in [-0.05, 0) is 19.4 Å². The monoisotopic (exact) mass is 285 g/mol. The lowest BCUT2D eigenvalue weighted by Gasteiger charge is -2.21. The van der Waals surface area contributed by atoms with E-state index in [9.17, 15) is 0 Å². The summed E-state index contributed by atoms with van der Waals surface area (Å²) in [6.45, 7) is 10.1. The van der Waals surface area contributed by atoms with Gasteiger partial charge in [0, 0.05) is 5.41 Å². The van der Waals surface area contributed by atoms with Gasteiger partial charge >= 0.3 is 0 Å². The van der Waals surface area contributed by atoms with Crippen molar-refractivity contribution in [3.05, 3.63) is 47.3 Å². The van der Waals surface area contributed by atoms with Gasteiger partial charge in [0.25, 0.3) is 0 Å². The third-order valence-corrected chi connectivity index (χ3v) is 3.37. The molecule has 1 heterocycles. The maximum atomic E-state index is 6.02. The molecule has 1 aromatic heterocycles. The number of hydrogen-bond donors (Lipinski definition) is 1. The summed E-state index contributed by atoms with van der Waals surface area (Å²) in [5.74, 6) is 1.73. The number of rotatable bonds is 3. The van der Waals surface area contributed by atoms with Gasteiger partial charge in [-0.1, -0.05) is 51.1 Å². The smallest absolute Gasteiger partial charge is 0.222 e. The average molecular weight is 285 g/mol. The van der Waals surface area contributed by atoms with E-state index in [4.69, 9.17) is 10.5 Å². The number of nitrogen functional groups attached to an aromatic ring is 1. The van der Waals surface area contributed by atoms with Gasteiger partial charge in [-0.15, -0.1) is 0 Å². The first-order valence-corrected chi connectivity index (χ1v) is 7.15. The van der Waals surface area contributed by atoms with Gasteiger partial charge in [-0.3, -0.25) is 0 Å². The molecule has 0 spiro atoms. The average Bonchev–Trinajstić information content (AvgIpc) is 2.43. The van der Waals surface area contributed by atoms with Crippen molar-refractivity contribution in [2.24, 2.45) is 0 Å². The molecule has 1 atom stereocenters. The fourth-order valence-electron chi connectivity index (χ4n) is 1.92. The molecule has 0 saturated carbocycles. The van der Waals surface area contributed by atoms with Crippen molar-refractivity contribution in [3.63, 3.8) is 0 Å². The topological polar surface area (TPSA) is 61.0 Å². The van der Waals surface area contributed by atoms with Crippen LogP contribution in [0.2, 0.25) is 0 Å². The normalized spacial score (nSPS) is 13.0. The summed E-state index contributed by atoms with van der Waals surface area (Å²) >= 11 is 0. The molecule has 2 rings (SSSR count). The van der Waals surface area contributed by atoms with Crippen LogP contribution in [0.5, 0.6) is 5.88 Å². The molecule has 1 aromatic carbocycles. The molecule has 2 aromatic rings. The van der Waals surface area contributed by atoms with Crippen LogP contribution in [0.1, 0.15) is 50.8 Å². The van der Waals surface area contributed by atoms with Gasteiger partial charge in [0.05, 0.1) is 5.56 Å². The van der Waals surface area contributed by atoms with Crippen LogP contribution < -0.4 is 10.5 Å². The summed E-state index contributed by atoms with van der Waals surface area (Å²) in [5, 5.41) is 0. The van der Waals surface area contributed by atoms with Gasteiger partial charge < -0.3 is 10.5 Å². The van der Waals surface area contributed by atoms with Crippen LogP contribution in [0, 0.1) is 6.92 Å². The van der Waals surface area contributed by atoms with Crippen molar-refractivity contribution in [3.8, 4) is 5.88 Å². The molecule has 0 aliphatic carbocycles. The molecule has 21 heavy (non-hydrogen) atoms. The molecule has 112 valence electrons. The highest BCUT2D eigenvalue weighted by molar-refractivity contribution is 5.45. The largest absolute Gasteiger partial charge is 0.469 e. The van der Waals surface area contributed by atoms with Gasteiger partial charge in [-0.25, -0.2) is 4.98 Å². The van der Waals surface area contributed by atoms with E-state index in [1.54, 1.807) is 0 Å². The van der Waals surface area contributed by atoms with Crippen LogP contribution >= 0.6 is 0 Å². The Kier molecular flexibility index (Phi) is 4.16. The van der Waals surface area contributed by atoms with Crippen molar-refractivity contribution < 1.29 is 4.74 Å². The predicted octanol–water partition coefficient (Wildman–Crippen LogP) is 3.80. The van der Waals surface area contributed by atoms with Crippen LogP contribution in [0.15, 0.2) is 30.3 Å². The third-order valence-electron chi connectivity index (χ3n) is 3.37. The second-order valence-corrected chi connectivity index (χ2v) is 6.28. The molecule has 4 heteroatoms. The minimum atomic E-state index is -0.171. The van der Waals surface area contributed by atoms with Crippen LogP contribution in [0.3, 0.4) is 0 Å². The number of ether oxygens (including phenoxy) is 1. The van der Waals surface area contributed by atoms with Crippen molar-refractivity contribution in [2.75, 3.05) is 5.73 Å². The van der Waals surface area contributed by atoms with Crippen molar-refractivity contribution in [1.29, 1.82) is 0 Å². The Bertz CT molecular complexity index is 618. The first kappa shape index (κ1) is 15.3. The Labute approximate surface area is 126 Å². The maximum Gasteiger partial charge on any atom is 0.222 e. The summed E-state index contributed by atoms with van der Waals surface area (Å²) in [6.07, 6.45) is -0.0907. The molecule has 0 aliphatic heterocycles. The first-order valence-electron chi connectivity index (χ1n) is 7.15. The summed E-state index contributed by atoms with van der Waals surface area (Å²) < 4.78 is 6.02. The zero-order valence-electron chi connectivity index (χ0n) is 13.3. The van der Waals surface area contributed by atoms with E-state index in [0.29, 0.717) is 17.5 Å².